The van der Waals surface area contributed by atoms with E-state index in [0.29, 0.717) is 19.6 Å². The highest BCUT2D eigenvalue weighted by Gasteiger charge is 2.06. The Labute approximate surface area is 268 Å². The maximum absolute atomic E-state index is 12.0. The minimum Gasteiger partial charge on any atom is -0.489 e. The summed E-state index contributed by atoms with van der Waals surface area (Å²) in [6.07, 6.45) is 38.6. The Morgan fingerprint density at radius 2 is 1.05 bits per heavy atom. The number of likely N-dealkylation sites (N-methyl/N-ethyl adjacent to an activating group) is 1. The van der Waals surface area contributed by atoms with Crippen molar-refractivity contribution >= 4 is 5.97 Å². The average molecular weight is 602 g/mol. The quantitative estimate of drug-likeness (QED) is 0.0246. The van der Waals surface area contributed by atoms with Gasteiger partial charge >= 0.3 is 5.97 Å². The van der Waals surface area contributed by atoms with Crippen LogP contribution in [0.4, 0.5) is 0 Å². The van der Waals surface area contributed by atoms with Gasteiger partial charge in [-0.05, 0) is 52.0 Å². The molecule has 0 radical (unpaired) electrons. The zero-order valence-corrected chi connectivity index (χ0v) is 29.0. The van der Waals surface area contributed by atoms with Gasteiger partial charge in [0, 0.05) is 25.9 Å². The summed E-state index contributed by atoms with van der Waals surface area (Å²) in [5, 5.41) is 0. The molecule has 0 aromatic carbocycles. The van der Waals surface area contributed by atoms with Gasteiger partial charge in [-0.3, -0.25) is 9.69 Å². The largest absolute Gasteiger partial charge is 0.489 e. The monoisotopic (exact) mass is 602 g/mol. The fourth-order valence-electron chi connectivity index (χ4n) is 5.07. The number of allylic oxidation sites excluding steroid dienone is 5. The lowest BCUT2D eigenvalue weighted by Gasteiger charge is -2.17. The van der Waals surface area contributed by atoms with Crippen LogP contribution >= 0.6 is 0 Å². The predicted octanol–water partition coefficient (Wildman–Crippen LogP) is 11.7. The summed E-state index contributed by atoms with van der Waals surface area (Å²) >= 11 is 0. The molecule has 0 spiro atoms. The zero-order valence-electron chi connectivity index (χ0n) is 29.0. The van der Waals surface area contributed by atoms with E-state index in [2.05, 4.69) is 55.4 Å². The molecule has 0 fully saturated rings. The Hall–Kier alpha value is -1.77. The molecule has 0 saturated carbocycles. The average Bonchev–Trinajstić information content (AvgIpc) is 3.00. The second kappa shape index (κ2) is 34.7. The Morgan fingerprint density at radius 3 is 1.60 bits per heavy atom. The molecule has 4 heteroatoms. The van der Waals surface area contributed by atoms with Crippen LogP contribution in [0.3, 0.4) is 0 Å². The van der Waals surface area contributed by atoms with Crippen LogP contribution < -0.4 is 0 Å². The maximum Gasteiger partial charge on any atom is 0.305 e. The van der Waals surface area contributed by atoms with Crippen LogP contribution in [0.2, 0.25) is 0 Å². The first-order chi connectivity index (χ1) is 21.1. The summed E-state index contributed by atoms with van der Waals surface area (Å²) < 4.78 is 11.3. The van der Waals surface area contributed by atoms with Crippen LogP contribution in [0.15, 0.2) is 42.4 Å². The fraction of sp³-hybridized carbons (Fsp3) is 0.795. The molecule has 0 atom stereocenters. The molecule has 4 nitrogen and oxygen atoms in total. The highest BCUT2D eigenvalue weighted by Crippen LogP contribution is 2.14. The number of ether oxygens (including phenoxy) is 2. The van der Waals surface area contributed by atoms with Crippen LogP contribution in [0.1, 0.15) is 168 Å². The van der Waals surface area contributed by atoms with Gasteiger partial charge in [-0.2, -0.15) is 0 Å². The van der Waals surface area contributed by atoms with Crippen LogP contribution in [0.25, 0.3) is 0 Å². The molecule has 0 aromatic heterocycles. The van der Waals surface area contributed by atoms with Gasteiger partial charge in [0.1, 0.15) is 19.0 Å². The fourth-order valence-corrected chi connectivity index (χ4v) is 5.07. The second-order valence-corrected chi connectivity index (χ2v) is 12.2. The van der Waals surface area contributed by atoms with E-state index in [1.807, 2.05) is 7.05 Å². The molecule has 0 unspecified atom stereocenters. The number of rotatable bonds is 33. The zero-order chi connectivity index (χ0) is 31.5. The second-order valence-electron chi connectivity index (χ2n) is 12.2. The van der Waals surface area contributed by atoms with Gasteiger partial charge in [0.05, 0.1) is 0 Å². The van der Waals surface area contributed by atoms with E-state index < -0.39 is 0 Å². The van der Waals surface area contributed by atoms with Gasteiger partial charge < -0.3 is 9.47 Å². The van der Waals surface area contributed by atoms with E-state index in [-0.39, 0.29) is 5.97 Å². The SMILES string of the molecule is C=C=C(CCCCCCC/C=C\C/C=C\CCCCC)OCCN(C)CCOC(=O)CCCCCCCCCCCCC. The third-order valence-corrected chi connectivity index (χ3v) is 8.02. The topological polar surface area (TPSA) is 38.8 Å². The first-order valence-corrected chi connectivity index (χ1v) is 18.3. The van der Waals surface area contributed by atoms with Gasteiger partial charge in [-0.1, -0.05) is 147 Å². The molecule has 0 heterocycles. The third-order valence-electron chi connectivity index (χ3n) is 8.02. The van der Waals surface area contributed by atoms with E-state index in [4.69, 9.17) is 9.47 Å². The smallest absolute Gasteiger partial charge is 0.305 e. The lowest BCUT2D eigenvalue weighted by atomic mass is 10.1. The first kappa shape index (κ1) is 41.2. The minimum absolute atomic E-state index is 0.0603. The number of carbonyl (C=O) groups excluding carboxylic acids is 1. The summed E-state index contributed by atoms with van der Waals surface area (Å²) in [6, 6.07) is 0. The summed E-state index contributed by atoms with van der Waals surface area (Å²) in [7, 11) is 2.04. The van der Waals surface area contributed by atoms with Gasteiger partial charge in [0.25, 0.3) is 0 Å². The summed E-state index contributed by atoms with van der Waals surface area (Å²) in [4.78, 5) is 14.2. The highest BCUT2D eigenvalue weighted by atomic mass is 16.5. The molecule has 250 valence electrons. The lowest BCUT2D eigenvalue weighted by Crippen LogP contribution is -2.27. The predicted molar refractivity (Wildman–Crippen MR) is 187 cm³/mol. The van der Waals surface area contributed by atoms with E-state index in [1.54, 1.807) is 0 Å². The molecule has 0 saturated heterocycles. The summed E-state index contributed by atoms with van der Waals surface area (Å²) in [5.41, 5.74) is 2.97. The standard InChI is InChI=1S/C39H71NO3/c1-5-8-10-12-14-16-18-19-20-21-23-24-26-28-30-32-38(7-3)42-36-34-40(4)35-37-43-39(41)33-31-29-27-25-22-17-15-13-11-9-6-2/h14,16,19-20H,3,5-6,8-13,15,17-18,21-37H2,1-2,4H3/b16-14-,20-19-. The third kappa shape index (κ3) is 33.0. The van der Waals surface area contributed by atoms with Crippen LogP contribution in [-0.4, -0.2) is 44.2 Å². The molecule has 43 heavy (non-hydrogen) atoms. The number of nitrogens with zero attached hydrogens (tertiary/aromatic N) is 1. The number of unbranched alkanes of at least 4 members (excludes halogenated alkanes) is 18. The van der Waals surface area contributed by atoms with Crippen molar-refractivity contribution in [3.05, 3.63) is 42.4 Å². The summed E-state index contributed by atoms with van der Waals surface area (Å²) in [6.45, 7) is 10.9. The van der Waals surface area contributed by atoms with E-state index in [0.717, 1.165) is 51.0 Å². The van der Waals surface area contributed by atoms with Gasteiger partial charge in [-0.15, -0.1) is 0 Å². The van der Waals surface area contributed by atoms with Crippen molar-refractivity contribution in [1.29, 1.82) is 0 Å². The Bertz CT molecular complexity index is 707. The van der Waals surface area contributed by atoms with Crippen molar-refractivity contribution in [1.82, 2.24) is 4.90 Å². The van der Waals surface area contributed by atoms with Crippen LogP contribution in [0.5, 0.6) is 0 Å². The van der Waals surface area contributed by atoms with E-state index in [1.165, 1.54) is 116 Å². The van der Waals surface area contributed by atoms with E-state index in [9.17, 15) is 4.79 Å². The molecule has 0 aliphatic carbocycles. The number of hydrogen-bond donors (Lipinski definition) is 0. The molecular formula is C39H71NO3. The van der Waals surface area contributed by atoms with E-state index >= 15 is 0 Å². The molecule has 0 bridgehead atoms. The maximum atomic E-state index is 12.0. The highest BCUT2D eigenvalue weighted by molar-refractivity contribution is 5.69. The van der Waals surface area contributed by atoms with Gasteiger partial charge in [-0.25, -0.2) is 0 Å². The molecular weight excluding hydrogens is 530 g/mol. The van der Waals surface area contributed by atoms with Crippen LogP contribution in [-0.2, 0) is 14.3 Å². The molecule has 0 amide bonds. The van der Waals surface area contributed by atoms with Crippen molar-refractivity contribution in [2.75, 3.05) is 33.4 Å². The van der Waals surface area contributed by atoms with Crippen molar-refractivity contribution in [2.24, 2.45) is 0 Å². The minimum atomic E-state index is -0.0603. The molecule has 0 aliphatic heterocycles. The summed E-state index contributed by atoms with van der Waals surface area (Å²) in [5.74, 6) is 0.812. The van der Waals surface area contributed by atoms with Crippen LogP contribution in [0, 0.1) is 0 Å². The Kier molecular flexibility index (Phi) is 33.3. The molecule has 0 aromatic rings. The van der Waals surface area contributed by atoms with Crippen molar-refractivity contribution in [3.8, 4) is 0 Å². The lowest BCUT2D eigenvalue weighted by molar-refractivity contribution is -0.144. The number of esters is 1. The normalized spacial score (nSPS) is 11.5. The molecule has 0 rings (SSSR count). The first-order valence-electron chi connectivity index (χ1n) is 18.3. The Balaban J connectivity index is 3.56. The van der Waals surface area contributed by atoms with Crippen molar-refractivity contribution < 1.29 is 14.3 Å². The van der Waals surface area contributed by atoms with Crippen molar-refractivity contribution in [2.45, 2.75) is 168 Å². The van der Waals surface area contributed by atoms with Gasteiger partial charge in [0.15, 0.2) is 0 Å². The molecule has 0 N–H and O–H groups in total. The Morgan fingerprint density at radius 1 is 0.605 bits per heavy atom. The number of carbonyl (C=O) groups is 1. The molecule has 0 aliphatic rings. The van der Waals surface area contributed by atoms with Crippen molar-refractivity contribution in [3.63, 3.8) is 0 Å². The van der Waals surface area contributed by atoms with Gasteiger partial charge in [0.2, 0.25) is 0 Å². The number of hydrogen-bond acceptors (Lipinski definition) is 4.